The largest absolute Gasteiger partial charge is 0.455 e. The van der Waals surface area contributed by atoms with E-state index >= 15 is 0 Å². The van der Waals surface area contributed by atoms with Crippen molar-refractivity contribution in [1.29, 1.82) is 0 Å². The zero-order valence-corrected chi connectivity index (χ0v) is 17.9. The first kappa shape index (κ1) is 20.4. The third-order valence-corrected chi connectivity index (χ3v) is 7.22. The van der Waals surface area contributed by atoms with Crippen LogP contribution in [0.2, 0.25) is 10.0 Å². The average Bonchev–Trinajstić information content (AvgIpc) is 3.12. The van der Waals surface area contributed by atoms with Crippen LogP contribution < -0.4 is 4.72 Å². The minimum atomic E-state index is -3.86. The lowest BCUT2D eigenvalue weighted by atomic mass is 10.2. The molecular weight excluding hydrogens is 459 g/mol. The van der Waals surface area contributed by atoms with Gasteiger partial charge in [0.1, 0.15) is 23.5 Å². The van der Waals surface area contributed by atoms with E-state index in [2.05, 4.69) is 9.71 Å². The lowest BCUT2D eigenvalue weighted by molar-refractivity contribution is 0.0467. The third kappa shape index (κ3) is 4.65. The van der Waals surface area contributed by atoms with Gasteiger partial charge in [0.25, 0.3) is 0 Å². The molecule has 1 aliphatic carbocycles. The molecule has 11 heteroatoms. The summed E-state index contributed by atoms with van der Waals surface area (Å²) >= 11 is 13.6. The maximum absolute atomic E-state index is 12.5. The van der Waals surface area contributed by atoms with Crippen LogP contribution >= 0.6 is 34.5 Å². The van der Waals surface area contributed by atoms with Crippen molar-refractivity contribution in [2.75, 3.05) is 0 Å². The van der Waals surface area contributed by atoms with Gasteiger partial charge in [-0.1, -0.05) is 29.3 Å². The monoisotopic (exact) mass is 472 g/mol. The Morgan fingerprint density at radius 2 is 2.10 bits per heavy atom. The number of sulfonamides is 1. The quantitative estimate of drug-likeness (QED) is 0.507. The molecule has 4 rings (SSSR count). The molecule has 1 N–H and O–H groups in total. The Hall–Kier alpha value is -1.91. The second kappa shape index (κ2) is 8.08. The molecule has 1 fully saturated rings. The summed E-state index contributed by atoms with van der Waals surface area (Å²) in [5, 5.41) is 1.81. The van der Waals surface area contributed by atoms with E-state index in [4.69, 9.17) is 32.4 Å². The number of esters is 1. The molecule has 29 heavy (non-hydrogen) atoms. The first-order chi connectivity index (χ1) is 13.8. The van der Waals surface area contributed by atoms with Gasteiger partial charge in [-0.3, -0.25) is 0 Å². The van der Waals surface area contributed by atoms with Crippen LogP contribution in [-0.2, 0) is 21.4 Å². The van der Waals surface area contributed by atoms with Gasteiger partial charge in [0, 0.05) is 6.04 Å². The molecule has 0 aliphatic heterocycles. The Morgan fingerprint density at radius 1 is 1.31 bits per heavy atom. The zero-order chi connectivity index (χ0) is 20.6. The lowest BCUT2D eigenvalue weighted by Gasteiger charge is -2.11. The van der Waals surface area contributed by atoms with E-state index in [1.165, 1.54) is 23.7 Å². The van der Waals surface area contributed by atoms with Crippen molar-refractivity contribution in [3.05, 3.63) is 57.2 Å². The topological polar surface area (TPSA) is 98.5 Å². The number of ether oxygens (including phenoxy) is 1. The van der Waals surface area contributed by atoms with Crippen LogP contribution in [0.15, 0.2) is 45.2 Å². The van der Waals surface area contributed by atoms with E-state index in [9.17, 15) is 13.2 Å². The Balaban J connectivity index is 1.50. The fourth-order valence-electron chi connectivity index (χ4n) is 2.48. The van der Waals surface area contributed by atoms with Gasteiger partial charge in [-0.05, 0) is 36.4 Å². The molecule has 1 saturated carbocycles. The van der Waals surface area contributed by atoms with Crippen molar-refractivity contribution in [1.82, 2.24) is 9.71 Å². The third-order valence-electron chi connectivity index (χ3n) is 4.07. The number of halogens is 2. The second-order valence-corrected chi connectivity index (χ2v) is 9.80. The first-order valence-electron chi connectivity index (χ1n) is 8.50. The molecule has 0 unspecified atom stereocenters. The van der Waals surface area contributed by atoms with Crippen molar-refractivity contribution in [3.63, 3.8) is 0 Å². The highest BCUT2D eigenvalue weighted by Gasteiger charge is 2.30. The Kier molecular flexibility index (Phi) is 5.67. The minimum absolute atomic E-state index is 0.00945. The van der Waals surface area contributed by atoms with Gasteiger partial charge >= 0.3 is 5.97 Å². The molecule has 0 spiro atoms. The number of hydrogen-bond acceptors (Lipinski definition) is 7. The molecule has 1 aliphatic rings. The van der Waals surface area contributed by atoms with E-state index in [1.54, 1.807) is 0 Å². The molecule has 0 bridgehead atoms. The molecule has 0 amide bonds. The standard InChI is InChI=1S/C18H14Cl2N2O5S2/c19-13-7-14(20)16(29(24,25)22-10-3-4-10)6-12(13)18(23)27-9-11-8-26-17(21-11)15-2-1-5-28-15/h1-2,5-8,10,22H,3-4,9H2. The van der Waals surface area contributed by atoms with Crippen LogP contribution in [0.1, 0.15) is 28.9 Å². The van der Waals surface area contributed by atoms with Crippen LogP contribution in [0.5, 0.6) is 0 Å². The highest BCUT2D eigenvalue weighted by molar-refractivity contribution is 7.89. The zero-order valence-electron chi connectivity index (χ0n) is 14.7. The van der Waals surface area contributed by atoms with Crippen molar-refractivity contribution in [2.24, 2.45) is 0 Å². The first-order valence-corrected chi connectivity index (χ1v) is 11.6. The molecule has 152 valence electrons. The predicted octanol–water partition coefficient (Wildman–Crippen LogP) is 4.51. The van der Waals surface area contributed by atoms with Gasteiger partial charge in [-0.25, -0.2) is 22.9 Å². The van der Waals surface area contributed by atoms with Crippen LogP contribution in [-0.4, -0.2) is 25.4 Å². The van der Waals surface area contributed by atoms with Crippen LogP contribution in [0, 0.1) is 0 Å². The Labute approximate surface area is 180 Å². The summed E-state index contributed by atoms with van der Waals surface area (Å²) in [6.45, 7) is -0.158. The maximum atomic E-state index is 12.5. The lowest BCUT2D eigenvalue weighted by Crippen LogP contribution is -2.26. The number of carbonyl (C=O) groups is 1. The summed E-state index contributed by atoms with van der Waals surface area (Å²) in [5.74, 6) is -0.370. The van der Waals surface area contributed by atoms with Crippen molar-refractivity contribution >= 4 is 50.5 Å². The van der Waals surface area contributed by atoms with Crippen molar-refractivity contribution < 1.29 is 22.4 Å². The van der Waals surface area contributed by atoms with Crippen molar-refractivity contribution in [2.45, 2.75) is 30.4 Å². The van der Waals surface area contributed by atoms with Crippen LogP contribution in [0.4, 0.5) is 0 Å². The number of thiophene rings is 1. The summed E-state index contributed by atoms with van der Waals surface area (Å²) in [6, 6.07) is 5.96. The number of hydrogen-bond donors (Lipinski definition) is 1. The molecule has 0 atom stereocenters. The molecule has 0 radical (unpaired) electrons. The number of benzene rings is 1. The summed E-state index contributed by atoms with van der Waals surface area (Å²) in [4.78, 5) is 17.4. The minimum Gasteiger partial charge on any atom is -0.455 e. The number of nitrogens with zero attached hydrogens (tertiary/aromatic N) is 1. The molecule has 0 saturated heterocycles. The molecule has 3 aromatic rings. The highest BCUT2D eigenvalue weighted by Crippen LogP contribution is 2.31. The van der Waals surface area contributed by atoms with Gasteiger partial charge in [0.2, 0.25) is 15.9 Å². The fraction of sp³-hybridized carbons (Fsp3) is 0.222. The summed E-state index contributed by atoms with van der Waals surface area (Å²) < 4.78 is 38.1. The number of carbonyl (C=O) groups excluding carboxylic acids is 1. The van der Waals surface area contributed by atoms with E-state index in [0.29, 0.717) is 11.6 Å². The Bertz CT molecular complexity index is 1160. The van der Waals surface area contributed by atoms with Crippen LogP contribution in [0.25, 0.3) is 10.8 Å². The molecule has 1 aromatic carbocycles. The van der Waals surface area contributed by atoms with E-state index < -0.39 is 16.0 Å². The summed E-state index contributed by atoms with van der Waals surface area (Å²) in [6.07, 6.45) is 2.93. The van der Waals surface area contributed by atoms with E-state index in [-0.39, 0.29) is 33.2 Å². The summed E-state index contributed by atoms with van der Waals surface area (Å²) in [7, 11) is -3.86. The van der Waals surface area contributed by atoms with E-state index in [1.807, 2.05) is 17.5 Å². The average molecular weight is 473 g/mol. The van der Waals surface area contributed by atoms with Crippen molar-refractivity contribution in [3.8, 4) is 10.8 Å². The second-order valence-electron chi connectivity index (χ2n) is 6.36. The molecular formula is C18H14Cl2N2O5S2. The smallest absolute Gasteiger partial charge is 0.340 e. The number of aromatic nitrogens is 1. The normalized spacial score (nSPS) is 14.1. The molecule has 2 aromatic heterocycles. The number of oxazole rings is 1. The van der Waals surface area contributed by atoms with Gasteiger partial charge in [0.15, 0.2) is 0 Å². The van der Waals surface area contributed by atoms with Gasteiger partial charge in [-0.2, -0.15) is 0 Å². The fourth-order valence-corrected chi connectivity index (χ4v) is 5.29. The van der Waals surface area contributed by atoms with E-state index in [0.717, 1.165) is 23.8 Å². The van der Waals surface area contributed by atoms with Gasteiger partial charge in [0.05, 0.1) is 20.5 Å². The van der Waals surface area contributed by atoms with Gasteiger partial charge in [-0.15, -0.1) is 11.3 Å². The SMILES string of the molecule is O=C(OCc1coc(-c2cccs2)n1)c1cc(S(=O)(=O)NC2CC2)c(Cl)cc1Cl. The predicted molar refractivity (Wildman–Crippen MR) is 109 cm³/mol. The number of rotatable bonds is 7. The maximum Gasteiger partial charge on any atom is 0.340 e. The van der Waals surface area contributed by atoms with Gasteiger partial charge < -0.3 is 9.15 Å². The molecule has 7 nitrogen and oxygen atoms in total. The highest BCUT2D eigenvalue weighted by atomic mass is 35.5. The van der Waals surface area contributed by atoms with Crippen LogP contribution in [0.3, 0.4) is 0 Å². The number of nitrogens with one attached hydrogen (secondary N) is 1. The molecule has 2 heterocycles. The summed E-state index contributed by atoms with van der Waals surface area (Å²) in [5.41, 5.74) is 0.310. The Morgan fingerprint density at radius 3 is 2.79 bits per heavy atom.